The molecule has 0 fully saturated rings. The summed E-state index contributed by atoms with van der Waals surface area (Å²) in [7, 11) is -6.28. The molecule has 0 aliphatic carbocycles. The van der Waals surface area contributed by atoms with Gasteiger partial charge < -0.3 is 10.0 Å². The van der Waals surface area contributed by atoms with Gasteiger partial charge in [0.05, 0.1) is 4.90 Å². The second-order valence-electron chi connectivity index (χ2n) is 4.96. The molecule has 0 aliphatic rings. The quantitative estimate of drug-likeness (QED) is 0.681. The van der Waals surface area contributed by atoms with Crippen LogP contribution in [-0.4, -0.2) is 34.5 Å². The highest BCUT2D eigenvalue weighted by Crippen LogP contribution is 2.29. The first-order valence-electron chi connectivity index (χ1n) is 6.79. The lowest BCUT2D eigenvalue weighted by Crippen LogP contribution is -2.30. The number of rotatable bonds is 4. The van der Waals surface area contributed by atoms with Gasteiger partial charge in [-0.3, -0.25) is 0 Å². The molecule has 0 atom stereocenters. The van der Waals surface area contributed by atoms with Gasteiger partial charge in [-0.15, -0.1) is 0 Å². The van der Waals surface area contributed by atoms with E-state index in [1.807, 2.05) is 0 Å². The molecule has 0 aliphatic heterocycles. The van der Waals surface area contributed by atoms with Gasteiger partial charge in [-0.1, -0.05) is 18.2 Å². The van der Waals surface area contributed by atoms with E-state index in [2.05, 4.69) is 4.98 Å². The number of hydrogen-bond donors (Lipinski definition) is 2. The molecule has 0 bridgehead atoms. The van der Waals surface area contributed by atoms with Crippen LogP contribution in [0.15, 0.2) is 53.6 Å². The van der Waals surface area contributed by atoms with Crippen molar-refractivity contribution >= 4 is 33.6 Å². The molecule has 2 heterocycles. The molecule has 2 N–H and O–H groups in total. The molecule has 0 saturated carbocycles. The van der Waals surface area contributed by atoms with Crippen LogP contribution in [0.4, 0.5) is 8.78 Å². The Morgan fingerprint density at radius 3 is 2.38 bits per heavy atom. The van der Waals surface area contributed by atoms with E-state index >= 15 is 0 Å². The van der Waals surface area contributed by atoms with E-state index in [9.17, 15) is 27.2 Å². The fraction of sp³-hybridized carbons (Fsp3) is 0.0714. The summed E-state index contributed by atoms with van der Waals surface area (Å²) in [4.78, 5) is 3.67. The molecular weight excluding hydrogens is 341 g/mol. The molecule has 10 heteroatoms. The summed E-state index contributed by atoms with van der Waals surface area (Å²) in [6.07, 6.45) is -1.97. The zero-order valence-electron chi connectivity index (χ0n) is 12.0. The zero-order valence-corrected chi connectivity index (χ0v) is 12.9. The molecule has 0 radical (unpaired) electrons. The summed E-state index contributed by atoms with van der Waals surface area (Å²) < 4.78 is 52.8. The lowest BCUT2D eigenvalue weighted by Gasteiger charge is -2.11. The largest absolute Gasteiger partial charge is 0.489 e. The topological polar surface area (TPSA) is 92.4 Å². The third kappa shape index (κ3) is 2.58. The SMILES string of the molecule is O=S(=O)(c1ccccc1)n1c(C(F)F)cc2c(B(O)O)ccnc21. The molecule has 0 saturated heterocycles. The molecule has 2 aromatic heterocycles. The minimum Gasteiger partial charge on any atom is -0.423 e. The number of nitrogens with zero attached hydrogens (tertiary/aromatic N) is 2. The second-order valence-corrected chi connectivity index (χ2v) is 6.75. The number of alkyl halides is 2. The Kier molecular flexibility index (Phi) is 4.12. The molecule has 24 heavy (non-hydrogen) atoms. The number of fused-ring (bicyclic) bond motifs is 1. The minimum atomic E-state index is -4.33. The minimum absolute atomic E-state index is 0.0673. The summed E-state index contributed by atoms with van der Waals surface area (Å²) in [6.45, 7) is 0. The van der Waals surface area contributed by atoms with Gasteiger partial charge >= 0.3 is 7.12 Å². The second kappa shape index (κ2) is 5.97. The van der Waals surface area contributed by atoms with Gasteiger partial charge in [0.15, 0.2) is 5.65 Å². The molecule has 3 aromatic rings. The third-order valence-electron chi connectivity index (χ3n) is 3.51. The molecule has 1 aromatic carbocycles. The number of benzene rings is 1. The van der Waals surface area contributed by atoms with Crippen molar-refractivity contribution < 1.29 is 27.2 Å². The van der Waals surface area contributed by atoms with Crippen LogP contribution in [0.2, 0.25) is 0 Å². The van der Waals surface area contributed by atoms with Crippen molar-refractivity contribution in [2.75, 3.05) is 0 Å². The summed E-state index contributed by atoms with van der Waals surface area (Å²) in [5.41, 5.74) is -1.20. The molecule has 6 nitrogen and oxygen atoms in total. The molecule has 0 spiro atoms. The normalized spacial score (nSPS) is 12.0. The Hall–Kier alpha value is -2.30. The van der Waals surface area contributed by atoms with Crippen molar-refractivity contribution in [2.24, 2.45) is 0 Å². The standard InChI is InChI=1S/C14H11BF2N2O4S/c16-13(17)12-8-10-11(15(20)21)6-7-18-14(10)19(12)24(22,23)9-4-2-1-3-5-9/h1-8,13,20-21H. The van der Waals surface area contributed by atoms with Gasteiger partial charge in [0.2, 0.25) is 0 Å². The monoisotopic (exact) mass is 352 g/mol. The number of aromatic nitrogens is 2. The summed E-state index contributed by atoms with van der Waals surface area (Å²) in [5.74, 6) is 0. The van der Waals surface area contributed by atoms with E-state index in [-0.39, 0.29) is 21.4 Å². The van der Waals surface area contributed by atoms with Gasteiger partial charge in [-0.2, -0.15) is 0 Å². The highest BCUT2D eigenvalue weighted by atomic mass is 32.2. The maximum Gasteiger partial charge on any atom is 0.489 e. The molecule has 3 rings (SSSR count). The summed E-state index contributed by atoms with van der Waals surface area (Å²) >= 11 is 0. The van der Waals surface area contributed by atoms with Crippen LogP contribution < -0.4 is 5.46 Å². The maximum atomic E-state index is 13.4. The molecular formula is C14H11BF2N2O4S. The van der Waals surface area contributed by atoms with E-state index in [1.54, 1.807) is 6.07 Å². The Bertz CT molecular complexity index is 991. The van der Waals surface area contributed by atoms with Gasteiger partial charge in [0, 0.05) is 11.6 Å². The van der Waals surface area contributed by atoms with Crippen LogP contribution >= 0.6 is 0 Å². The Morgan fingerprint density at radius 2 is 1.79 bits per heavy atom. The average molecular weight is 352 g/mol. The number of hydrogen-bond acceptors (Lipinski definition) is 5. The van der Waals surface area contributed by atoms with Crippen LogP contribution in [0.25, 0.3) is 11.0 Å². The van der Waals surface area contributed by atoms with Gasteiger partial charge in [-0.05, 0) is 29.7 Å². The third-order valence-corrected chi connectivity index (χ3v) is 5.24. The van der Waals surface area contributed by atoms with E-state index in [4.69, 9.17) is 0 Å². The van der Waals surface area contributed by atoms with E-state index in [1.165, 1.54) is 30.3 Å². The first kappa shape index (κ1) is 16.6. The van der Waals surface area contributed by atoms with Crippen LogP contribution in [0.1, 0.15) is 12.1 Å². The Labute approximate surface area is 136 Å². The zero-order chi connectivity index (χ0) is 17.5. The van der Waals surface area contributed by atoms with Gasteiger partial charge in [0.25, 0.3) is 16.4 Å². The summed E-state index contributed by atoms with van der Waals surface area (Å²) in [5, 5.41) is 18.7. The average Bonchev–Trinajstić information content (AvgIpc) is 2.96. The van der Waals surface area contributed by atoms with E-state index in [0.717, 1.165) is 12.3 Å². The molecule has 124 valence electrons. The van der Waals surface area contributed by atoms with Crippen molar-refractivity contribution in [3.05, 3.63) is 54.4 Å². The summed E-state index contributed by atoms with van der Waals surface area (Å²) in [6, 6.07) is 9.22. The predicted molar refractivity (Wildman–Crippen MR) is 83.5 cm³/mol. The fourth-order valence-corrected chi connectivity index (χ4v) is 3.94. The van der Waals surface area contributed by atoms with Crippen molar-refractivity contribution in [3.8, 4) is 0 Å². The lowest BCUT2D eigenvalue weighted by molar-refractivity contribution is 0.145. The number of pyridine rings is 1. The van der Waals surface area contributed by atoms with Crippen LogP contribution in [0.3, 0.4) is 0 Å². The van der Waals surface area contributed by atoms with Crippen LogP contribution in [0.5, 0.6) is 0 Å². The first-order valence-corrected chi connectivity index (χ1v) is 8.23. The smallest absolute Gasteiger partial charge is 0.423 e. The van der Waals surface area contributed by atoms with E-state index in [0.29, 0.717) is 3.97 Å². The highest BCUT2D eigenvalue weighted by Gasteiger charge is 2.30. The fourth-order valence-electron chi connectivity index (χ4n) is 2.44. The van der Waals surface area contributed by atoms with Crippen LogP contribution in [0, 0.1) is 0 Å². The lowest BCUT2D eigenvalue weighted by atomic mass is 9.79. The van der Waals surface area contributed by atoms with Crippen molar-refractivity contribution in [2.45, 2.75) is 11.3 Å². The highest BCUT2D eigenvalue weighted by molar-refractivity contribution is 7.90. The number of halogens is 2. The molecule has 0 unspecified atom stereocenters. The first-order chi connectivity index (χ1) is 11.3. The predicted octanol–water partition coefficient (Wildman–Crippen LogP) is 0.891. The van der Waals surface area contributed by atoms with Crippen LogP contribution in [-0.2, 0) is 10.0 Å². The maximum absolute atomic E-state index is 13.4. The Morgan fingerprint density at radius 1 is 1.12 bits per heavy atom. The van der Waals surface area contributed by atoms with Gasteiger partial charge in [-0.25, -0.2) is 26.2 Å². The Balaban J connectivity index is 2.39. The van der Waals surface area contributed by atoms with Crippen molar-refractivity contribution in [1.29, 1.82) is 0 Å². The van der Waals surface area contributed by atoms with Crippen molar-refractivity contribution in [3.63, 3.8) is 0 Å². The molecule has 0 amide bonds. The van der Waals surface area contributed by atoms with E-state index < -0.39 is 29.3 Å². The van der Waals surface area contributed by atoms with Gasteiger partial charge in [0.1, 0.15) is 5.69 Å². The van der Waals surface area contributed by atoms with Crippen molar-refractivity contribution in [1.82, 2.24) is 8.96 Å².